The van der Waals surface area contributed by atoms with Crippen LogP contribution in [0.3, 0.4) is 0 Å². The Balaban J connectivity index is 2.20. The van der Waals surface area contributed by atoms with E-state index >= 15 is 0 Å². The first kappa shape index (κ1) is 15.4. The smallest absolute Gasteiger partial charge is 0.326 e. The molecule has 0 fully saturated rings. The second-order valence-electron chi connectivity index (χ2n) is 5.91. The fourth-order valence-electron chi connectivity index (χ4n) is 2.46. The van der Waals surface area contributed by atoms with Crippen molar-refractivity contribution in [1.29, 1.82) is 0 Å². The van der Waals surface area contributed by atoms with Gasteiger partial charge >= 0.3 is 5.97 Å². The maximum absolute atomic E-state index is 12.4. The molecule has 1 amide bonds. The molecule has 0 bridgehead atoms. The van der Waals surface area contributed by atoms with Gasteiger partial charge < -0.3 is 15.2 Å². The van der Waals surface area contributed by atoms with Crippen molar-refractivity contribution in [2.24, 2.45) is 5.92 Å². The van der Waals surface area contributed by atoms with E-state index in [1.54, 1.807) is 13.8 Å². The molecular weight excluding hydrogens is 270 g/mol. The first-order valence-corrected chi connectivity index (χ1v) is 7.08. The van der Waals surface area contributed by atoms with Gasteiger partial charge in [-0.2, -0.15) is 0 Å². The Bertz CT molecular complexity index is 580. The number of benzene rings is 1. The van der Waals surface area contributed by atoms with Crippen molar-refractivity contribution < 1.29 is 19.4 Å². The van der Waals surface area contributed by atoms with Gasteiger partial charge in [-0.15, -0.1) is 0 Å². The molecule has 0 saturated carbocycles. The Labute approximate surface area is 124 Å². The molecule has 0 saturated heterocycles. The molecule has 0 radical (unpaired) electrons. The third-order valence-corrected chi connectivity index (χ3v) is 3.95. The second kappa shape index (κ2) is 5.76. The van der Waals surface area contributed by atoms with Gasteiger partial charge in [0.15, 0.2) is 0 Å². The summed E-state index contributed by atoms with van der Waals surface area (Å²) in [6, 6.07) is 3.00. The van der Waals surface area contributed by atoms with E-state index in [9.17, 15) is 9.59 Å². The van der Waals surface area contributed by atoms with E-state index in [0.717, 1.165) is 22.4 Å². The van der Waals surface area contributed by atoms with Crippen LogP contribution in [0.5, 0.6) is 5.75 Å². The third-order valence-electron chi connectivity index (χ3n) is 3.95. The molecule has 0 spiro atoms. The number of rotatable bonds is 4. The normalized spacial score (nSPS) is 18.0. The van der Waals surface area contributed by atoms with Gasteiger partial charge in [-0.3, -0.25) is 4.79 Å². The van der Waals surface area contributed by atoms with Gasteiger partial charge in [0.25, 0.3) is 0 Å². The zero-order chi connectivity index (χ0) is 15.7. The summed E-state index contributed by atoms with van der Waals surface area (Å²) in [7, 11) is 0. The zero-order valence-corrected chi connectivity index (χ0v) is 12.8. The molecule has 0 aliphatic carbocycles. The molecule has 2 rings (SSSR count). The predicted molar refractivity (Wildman–Crippen MR) is 78.6 cm³/mol. The van der Waals surface area contributed by atoms with E-state index in [1.807, 2.05) is 26.0 Å². The quantitative estimate of drug-likeness (QED) is 0.889. The van der Waals surface area contributed by atoms with E-state index in [0.29, 0.717) is 0 Å². The van der Waals surface area contributed by atoms with Crippen molar-refractivity contribution in [2.45, 2.75) is 39.7 Å². The second-order valence-corrected chi connectivity index (χ2v) is 5.91. The SMILES string of the molecule is Cc1cc2c(cc1C)C(C(=O)NC(C(=O)O)C(C)C)CO2. The number of carboxylic acid groups (broad SMARTS) is 1. The maximum Gasteiger partial charge on any atom is 0.326 e. The number of carbonyl (C=O) groups excluding carboxylic acids is 1. The minimum atomic E-state index is -1.02. The number of hydrogen-bond acceptors (Lipinski definition) is 3. The van der Waals surface area contributed by atoms with Crippen molar-refractivity contribution >= 4 is 11.9 Å². The van der Waals surface area contributed by atoms with Gasteiger partial charge in [0, 0.05) is 5.56 Å². The molecule has 5 heteroatoms. The number of aryl methyl sites for hydroxylation is 2. The summed E-state index contributed by atoms with van der Waals surface area (Å²) in [6.07, 6.45) is 0. The lowest BCUT2D eigenvalue weighted by Gasteiger charge is -2.20. The number of carbonyl (C=O) groups is 2. The fraction of sp³-hybridized carbons (Fsp3) is 0.500. The molecule has 2 unspecified atom stereocenters. The van der Waals surface area contributed by atoms with Crippen molar-refractivity contribution in [1.82, 2.24) is 5.32 Å². The van der Waals surface area contributed by atoms with Crippen LogP contribution in [-0.4, -0.2) is 29.6 Å². The summed E-state index contributed by atoms with van der Waals surface area (Å²) in [6.45, 7) is 7.77. The average Bonchev–Trinajstić information content (AvgIpc) is 2.78. The molecule has 1 heterocycles. The molecule has 114 valence electrons. The van der Waals surface area contributed by atoms with Gasteiger partial charge in [0.2, 0.25) is 5.91 Å². The van der Waals surface area contributed by atoms with Gasteiger partial charge in [-0.1, -0.05) is 19.9 Å². The van der Waals surface area contributed by atoms with E-state index < -0.39 is 17.9 Å². The molecule has 0 aromatic heterocycles. The average molecular weight is 291 g/mol. The molecule has 21 heavy (non-hydrogen) atoms. The number of amides is 1. The molecule has 2 atom stereocenters. The Hall–Kier alpha value is -2.04. The molecule has 1 aliphatic heterocycles. The van der Waals surface area contributed by atoms with Crippen LogP contribution in [0, 0.1) is 19.8 Å². The molecule has 5 nitrogen and oxygen atoms in total. The van der Waals surface area contributed by atoms with Crippen LogP contribution in [0.2, 0.25) is 0 Å². The predicted octanol–water partition coefficient (Wildman–Crippen LogP) is 2.00. The van der Waals surface area contributed by atoms with E-state index in [2.05, 4.69) is 5.32 Å². The lowest BCUT2D eigenvalue weighted by molar-refractivity contribution is -0.143. The zero-order valence-electron chi connectivity index (χ0n) is 12.8. The summed E-state index contributed by atoms with van der Waals surface area (Å²) in [5.41, 5.74) is 3.04. The van der Waals surface area contributed by atoms with Crippen molar-refractivity contribution in [3.05, 3.63) is 28.8 Å². The Morgan fingerprint density at radius 3 is 2.48 bits per heavy atom. The van der Waals surface area contributed by atoms with Gasteiger partial charge in [0.05, 0.1) is 0 Å². The molecule has 1 aromatic rings. The summed E-state index contributed by atoms with van der Waals surface area (Å²) in [5.74, 6) is -1.21. The summed E-state index contributed by atoms with van der Waals surface area (Å²) in [4.78, 5) is 23.6. The number of nitrogens with one attached hydrogen (secondary N) is 1. The van der Waals surface area contributed by atoms with Crippen molar-refractivity contribution in [3.8, 4) is 5.75 Å². The van der Waals surface area contributed by atoms with E-state index in [4.69, 9.17) is 9.84 Å². The van der Waals surface area contributed by atoms with Crippen LogP contribution < -0.4 is 10.1 Å². The first-order chi connectivity index (χ1) is 9.81. The highest BCUT2D eigenvalue weighted by Gasteiger charge is 2.34. The lowest BCUT2D eigenvalue weighted by Crippen LogP contribution is -2.46. The standard InChI is InChI=1S/C16H21NO4/c1-8(2)14(16(19)20)17-15(18)12-7-21-13-6-10(4)9(3)5-11(12)13/h5-6,8,12,14H,7H2,1-4H3,(H,17,18)(H,19,20). The number of carboxylic acids is 1. The highest BCUT2D eigenvalue weighted by atomic mass is 16.5. The monoisotopic (exact) mass is 291 g/mol. The number of aliphatic carboxylic acids is 1. The molecule has 2 N–H and O–H groups in total. The van der Waals surface area contributed by atoms with Crippen LogP contribution >= 0.6 is 0 Å². The van der Waals surface area contributed by atoms with Gasteiger partial charge in [-0.05, 0) is 37.0 Å². The highest BCUT2D eigenvalue weighted by molar-refractivity contribution is 5.89. The lowest BCUT2D eigenvalue weighted by atomic mass is 9.95. The van der Waals surface area contributed by atoms with Crippen molar-refractivity contribution in [2.75, 3.05) is 6.61 Å². The molecule has 1 aliphatic rings. The van der Waals surface area contributed by atoms with E-state index in [1.165, 1.54) is 0 Å². The van der Waals surface area contributed by atoms with Crippen LogP contribution in [0.4, 0.5) is 0 Å². The van der Waals surface area contributed by atoms with Crippen LogP contribution in [-0.2, 0) is 9.59 Å². The van der Waals surface area contributed by atoms with Crippen LogP contribution in [0.25, 0.3) is 0 Å². The van der Waals surface area contributed by atoms with Crippen LogP contribution in [0.1, 0.15) is 36.5 Å². The van der Waals surface area contributed by atoms with Crippen molar-refractivity contribution in [3.63, 3.8) is 0 Å². The maximum atomic E-state index is 12.4. The molecular formula is C16H21NO4. The highest BCUT2D eigenvalue weighted by Crippen LogP contribution is 2.36. The topological polar surface area (TPSA) is 75.6 Å². The summed E-state index contributed by atoms with van der Waals surface area (Å²) in [5, 5.41) is 11.8. The number of fused-ring (bicyclic) bond motifs is 1. The van der Waals surface area contributed by atoms with Gasteiger partial charge in [-0.25, -0.2) is 4.79 Å². The number of hydrogen-bond donors (Lipinski definition) is 2. The summed E-state index contributed by atoms with van der Waals surface area (Å²) < 4.78 is 5.56. The fourth-order valence-corrected chi connectivity index (χ4v) is 2.46. The largest absolute Gasteiger partial charge is 0.492 e. The third kappa shape index (κ3) is 3.01. The Morgan fingerprint density at radius 1 is 1.29 bits per heavy atom. The minimum absolute atomic E-state index is 0.173. The van der Waals surface area contributed by atoms with Gasteiger partial charge in [0.1, 0.15) is 24.3 Å². The first-order valence-electron chi connectivity index (χ1n) is 7.08. The number of ether oxygens (including phenoxy) is 1. The van der Waals surface area contributed by atoms with E-state index in [-0.39, 0.29) is 18.4 Å². The Morgan fingerprint density at radius 2 is 1.90 bits per heavy atom. The molecule has 1 aromatic carbocycles. The summed E-state index contributed by atoms with van der Waals surface area (Å²) >= 11 is 0. The Kier molecular flexibility index (Phi) is 4.21. The minimum Gasteiger partial charge on any atom is -0.492 e. The van der Waals surface area contributed by atoms with Crippen LogP contribution in [0.15, 0.2) is 12.1 Å².